The zero-order valence-electron chi connectivity index (χ0n) is 11.1. The second-order valence-electron chi connectivity index (χ2n) is 4.33. The summed E-state index contributed by atoms with van der Waals surface area (Å²) in [4.78, 5) is 24.0. The van der Waals surface area contributed by atoms with Gasteiger partial charge in [0.05, 0.1) is 13.7 Å². The van der Waals surface area contributed by atoms with Crippen molar-refractivity contribution in [1.82, 2.24) is 9.13 Å². The molecule has 0 saturated carbocycles. The molecule has 6 nitrogen and oxygen atoms in total. The van der Waals surface area contributed by atoms with Gasteiger partial charge in [-0.1, -0.05) is 11.6 Å². The zero-order chi connectivity index (χ0) is 14.9. The van der Waals surface area contributed by atoms with Gasteiger partial charge in [0.1, 0.15) is 11.4 Å². The molecule has 0 amide bonds. The Hall–Kier alpha value is -2.21. The number of anilines is 1. The largest absolute Gasteiger partial charge is 0.496 e. The van der Waals surface area contributed by atoms with E-state index in [9.17, 15) is 9.59 Å². The summed E-state index contributed by atoms with van der Waals surface area (Å²) in [5.74, 6) is 0.547. The predicted molar refractivity (Wildman–Crippen MR) is 77.5 cm³/mol. The Morgan fingerprint density at radius 2 is 2.05 bits per heavy atom. The normalized spacial score (nSPS) is 10.6. The first-order valence-corrected chi connectivity index (χ1v) is 6.20. The maximum atomic E-state index is 12.0. The first-order chi connectivity index (χ1) is 9.43. The SMILES string of the molecule is COc1ccc(Cl)cc1Cn1c(=O)c(N)cn(C)c1=O. The number of nitrogen functional groups attached to an aromatic ring is 1. The van der Waals surface area contributed by atoms with Gasteiger partial charge < -0.3 is 15.0 Å². The second kappa shape index (κ2) is 5.42. The van der Waals surface area contributed by atoms with Crippen molar-refractivity contribution >= 4 is 17.3 Å². The van der Waals surface area contributed by atoms with E-state index in [0.29, 0.717) is 16.3 Å². The lowest BCUT2D eigenvalue weighted by Crippen LogP contribution is -2.40. The van der Waals surface area contributed by atoms with Crippen molar-refractivity contribution in [2.75, 3.05) is 12.8 Å². The molecule has 20 heavy (non-hydrogen) atoms. The summed E-state index contributed by atoms with van der Waals surface area (Å²) >= 11 is 5.93. The van der Waals surface area contributed by atoms with Crippen LogP contribution in [0.15, 0.2) is 34.0 Å². The van der Waals surface area contributed by atoms with Crippen molar-refractivity contribution in [3.05, 3.63) is 55.8 Å². The van der Waals surface area contributed by atoms with E-state index in [1.165, 1.54) is 24.9 Å². The van der Waals surface area contributed by atoms with Gasteiger partial charge in [0.15, 0.2) is 0 Å². The quantitative estimate of drug-likeness (QED) is 0.910. The monoisotopic (exact) mass is 295 g/mol. The van der Waals surface area contributed by atoms with Crippen LogP contribution in [0.5, 0.6) is 5.75 Å². The molecule has 2 rings (SSSR count). The average Bonchev–Trinajstić information content (AvgIpc) is 2.41. The minimum Gasteiger partial charge on any atom is -0.496 e. The molecule has 2 N–H and O–H groups in total. The fourth-order valence-electron chi connectivity index (χ4n) is 1.93. The Morgan fingerprint density at radius 3 is 2.70 bits per heavy atom. The van der Waals surface area contributed by atoms with Crippen LogP contribution in [-0.4, -0.2) is 16.2 Å². The highest BCUT2D eigenvalue weighted by atomic mass is 35.5. The Balaban J connectivity index is 2.59. The molecule has 0 aliphatic carbocycles. The summed E-state index contributed by atoms with van der Waals surface area (Å²) in [6.07, 6.45) is 1.30. The first kappa shape index (κ1) is 14.2. The molecule has 0 aliphatic rings. The van der Waals surface area contributed by atoms with Gasteiger partial charge in [-0.05, 0) is 18.2 Å². The number of hydrogen-bond donors (Lipinski definition) is 1. The third kappa shape index (κ3) is 2.55. The molecule has 0 atom stereocenters. The second-order valence-corrected chi connectivity index (χ2v) is 4.76. The highest BCUT2D eigenvalue weighted by molar-refractivity contribution is 6.30. The van der Waals surface area contributed by atoms with Gasteiger partial charge in [0.25, 0.3) is 5.56 Å². The van der Waals surface area contributed by atoms with E-state index in [1.54, 1.807) is 18.2 Å². The Kier molecular flexibility index (Phi) is 3.85. The lowest BCUT2D eigenvalue weighted by molar-refractivity contribution is 0.407. The number of halogens is 1. The lowest BCUT2D eigenvalue weighted by Gasteiger charge is -2.12. The molecular formula is C13H14ClN3O3. The fourth-order valence-corrected chi connectivity index (χ4v) is 2.13. The molecule has 1 aromatic heterocycles. The van der Waals surface area contributed by atoms with Gasteiger partial charge in [-0.3, -0.25) is 9.36 Å². The molecule has 0 radical (unpaired) electrons. The van der Waals surface area contributed by atoms with E-state index in [-0.39, 0.29) is 12.2 Å². The molecule has 0 aliphatic heterocycles. The molecule has 2 aromatic rings. The van der Waals surface area contributed by atoms with Gasteiger partial charge in [-0.2, -0.15) is 0 Å². The molecule has 0 unspecified atom stereocenters. The van der Waals surface area contributed by atoms with E-state index in [2.05, 4.69) is 0 Å². The third-order valence-electron chi connectivity index (χ3n) is 2.93. The van der Waals surface area contributed by atoms with Gasteiger partial charge in [-0.25, -0.2) is 4.79 Å². The van der Waals surface area contributed by atoms with E-state index < -0.39 is 11.2 Å². The smallest absolute Gasteiger partial charge is 0.331 e. The van der Waals surface area contributed by atoms with Crippen molar-refractivity contribution in [2.45, 2.75) is 6.54 Å². The van der Waals surface area contributed by atoms with Crippen LogP contribution in [0.4, 0.5) is 5.69 Å². The maximum absolute atomic E-state index is 12.0. The highest BCUT2D eigenvalue weighted by Gasteiger charge is 2.11. The van der Waals surface area contributed by atoms with Crippen LogP contribution in [-0.2, 0) is 13.6 Å². The van der Waals surface area contributed by atoms with Crippen LogP contribution >= 0.6 is 11.6 Å². The number of nitrogens with zero attached hydrogens (tertiary/aromatic N) is 2. The van der Waals surface area contributed by atoms with Gasteiger partial charge in [0, 0.05) is 23.8 Å². The van der Waals surface area contributed by atoms with Crippen LogP contribution in [0.1, 0.15) is 5.56 Å². The number of aromatic nitrogens is 2. The van der Waals surface area contributed by atoms with Gasteiger partial charge in [-0.15, -0.1) is 0 Å². The molecule has 1 aromatic carbocycles. The fraction of sp³-hybridized carbons (Fsp3) is 0.231. The number of aryl methyl sites for hydroxylation is 1. The topological polar surface area (TPSA) is 79.2 Å². The van der Waals surface area contributed by atoms with E-state index in [0.717, 1.165) is 4.57 Å². The summed E-state index contributed by atoms with van der Waals surface area (Å²) < 4.78 is 7.50. The Morgan fingerprint density at radius 1 is 1.35 bits per heavy atom. The minimum absolute atomic E-state index is 0.00750. The lowest BCUT2D eigenvalue weighted by atomic mass is 10.2. The van der Waals surface area contributed by atoms with Crippen LogP contribution in [0.25, 0.3) is 0 Å². The average molecular weight is 296 g/mol. The van der Waals surface area contributed by atoms with E-state index in [1.807, 2.05) is 0 Å². The Bertz CT molecular complexity index is 730. The van der Waals surface area contributed by atoms with Gasteiger partial charge >= 0.3 is 5.69 Å². The van der Waals surface area contributed by atoms with Crippen molar-refractivity contribution in [2.24, 2.45) is 7.05 Å². The number of ether oxygens (including phenoxy) is 1. The Labute approximate surface area is 120 Å². The van der Waals surface area contributed by atoms with Crippen molar-refractivity contribution in [1.29, 1.82) is 0 Å². The molecule has 106 valence electrons. The maximum Gasteiger partial charge on any atom is 0.331 e. The van der Waals surface area contributed by atoms with Crippen LogP contribution in [0.2, 0.25) is 5.02 Å². The molecule has 7 heteroatoms. The van der Waals surface area contributed by atoms with Crippen molar-refractivity contribution in [3.8, 4) is 5.75 Å². The summed E-state index contributed by atoms with van der Waals surface area (Å²) in [6, 6.07) is 5.00. The van der Waals surface area contributed by atoms with E-state index in [4.69, 9.17) is 22.1 Å². The van der Waals surface area contributed by atoms with Crippen LogP contribution in [0, 0.1) is 0 Å². The molecule has 0 saturated heterocycles. The number of rotatable bonds is 3. The predicted octanol–water partition coefficient (Wildman–Crippen LogP) is 0.840. The molecule has 0 fully saturated rings. The number of benzene rings is 1. The summed E-state index contributed by atoms with van der Waals surface area (Å²) in [5.41, 5.74) is 5.25. The third-order valence-corrected chi connectivity index (χ3v) is 3.16. The minimum atomic E-state index is -0.532. The number of methoxy groups -OCH3 is 1. The molecular weight excluding hydrogens is 282 g/mol. The summed E-state index contributed by atoms with van der Waals surface area (Å²) in [5, 5.41) is 0.495. The van der Waals surface area contributed by atoms with Crippen LogP contribution in [0.3, 0.4) is 0 Å². The summed E-state index contributed by atoms with van der Waals surface area (Å²) in [6.45, 7) is 0.0419. The van der Waals surface area contributed by atoms with Crippen molar-refractivity contribution in [3.63, 3.8) is 0 Å². The highest BCUT2D eigenvalue weighted by Crippen LogP contribution is 2.22. The van der Waals surface area contributed by atoms with Crippen LogP contribution < -0.4 is 21.7 Å². The van der Waals surface area contributed by atoms with Crippen molar-refractivity contribution < 1.29 is 4.74 Å². The van der Waals surface area contributed by atoms with Gasteiger partial charge in [0.2, 0.25) is 0 Å². The number of hydrogen-bond acceptors (Lipinski definition) is 4. The zero-order valence-corrected chi connectivity index (χ0v) is 11.8. The molecule has 0 spiro atoms. The van der Waals surface area contributed by atoms with E-state index >= 15 is 0 Å². The summed E-state index contributed by atoms with van der Waals surface area (Å²) in [7, 11) is 3.04. The molecule has 0 bridgehead atoms. The number of nitrogens with two attached hydrogens (primary N) is 1. The molecule has 1 heterocycles. The first-order valence-electron chi connectivity index (χ1n) is 5.82. The standard InChI is InChI=1S/C13H14ClN3O3/c1-16-7-10(15)12(18)17(13(16)19)6-8-5-9(14)3-4-11(8)20-2/h3-5,7H,6,15H2,1-2H3.